The predicted octanol–water partition coefficient (Wildman–Crippen LogP) is 4.05. The molecule has 3 rings (SSSR count). The molecule has 0 saturated carbocycles. The maximum atomic E-state index is 10.2. The first kappa shape index (κ1) is 15.0. The van der Waals surface area contributed by atoms with Crippen LogP contribution in [0.25, 0.3) is 22.4 Å². The van der Waals surface area contributed by atoms with Crippen LogP contribution in [-0.4, -0.2) is 22.5 Å². The summed E-state index contributed by atoms with van der Waals surface area (Å²) < 4.78 is 10.5. The molecule has 5 nitrogen and oxygen atoms in total. The van der Waals surface area contributed by atoms with Crippen molar-refractivity contribution in [2.24, 2.45) is 0 Å². The van der Waals surface area contributed by atoms with Crippen molar-refractivity contribution in [1.29, 1.82) is 0 Å². The summed E-state index contributed by atoms with van der Waals surface area (Å²) in [6.07, 6.45) is 0. The van der Waals surface area contributed by atoms with Gasteiger partial charge < -0.3 is 19.5 Å². The Labute approximate surface area is 133 Å². The normalized spacial score (nSPS) is 10.7. The van der Waals surface area contributed by atoms with Crippen molar-refractivity contribution >= 4 is 0 Å². The van der Waals surface area contributed by atoms with Gasteiger partial charge in [0, 0.05) is 11.6 Å². The Bertz CT molecular complexity index is 850. The summed E-state index contributed by atoms with van der Waals surface area (Å²) in [7, 11) is 1.61. The average molecular weight is 311 g/mol. The van der Waals surface area contributed by atoms with Gasteiger partial charge in [0.1, 0.15) is 28.7 Å². The lowest BCUT2D eigenvalue weighted by Gasteiger charge is -2.08. The Hall–Kier alpha value is -2.95. The highest BCUT2D eigenvalue weighted by atomic mass is 16.5. The van der Waals surface area contributed by atoms with Crippen LogP contribution in [0.15, 0.2) is 40.9 Å². The lowest BCUT2D eigenvalue weighted by atomic mass is 9.97. The molecule has 0 fully saturated rings. The van der Waals surface area contributed by atoms with Gasteiger partial charge in [-0.3, -0.25) is 0 Å². The third kappa shape index (κ3) is 2.61. The van der Waals surface area contributed by atoms with E-state index in [9.17, 15) is 10.2 Å². The Kier molecular flexibility index (Phi) is 3.70. The highest BCUT2D eigenvalue weighted by Gasteiger charge is 2.20. The number of hydrogen-bond donors (Lipinski definition) is 2. The minimum absolute atomic E-state index is 0.0393. The standard InChI is InChI=1S/C18H17NO4/c1-10-8-14(16(21)9-15(10)20)18-17(11(2)23-19-18)12-4-6-13(22-3)7-5-12/h4-9,20-21H,1-3H3. The number of hydrogen-bond acceptors (Lipinski definition) is 5. The first-order valence-corrected chi connectivity index (χ1v) is 7.15. The van der Waals surface area contributed by atoms with Crippen LogP contribution in [0.2, 0.25) is 0 Å². The Morgan fingerprint density at radius 3 is 2.35 bits per heavy atom. The molecular formula is C18H17NO4. The fourth-order valence-corrected chi connectivity index (χ4v) is 2.53. The average Bonchev–Trinajstić information content (AvgIpc) is 2.92. The van der Waals surface area contributed by atoms with Crippen molar-refractivity contribution in [3.8, 4) is 39.6 Å². The second-order valence-corrected chi connectivity index (χ2v) is 5.35. The van der Waals surface area contributed by atoms with Crippen LogP contribution in [-0.2, 0) is 0 Å². The van der Waals surface area contributed by atoms with Crippen LogP contribution < -0.4 is 4.74 Å². The summed E-state index contributed by atoms with van der Waals surface area (Å²) in [5.41, 5.74) is 3.41. The number of ether oxygens (including phenoxy) is 1. The second kappa shape index (κ2) is 5.68. The number of aromatic nitrogens is 1. The molecule has 0 unspecified atom stereocenters. The zero-order valence-electron chi connectivity index (χ0n) is 13.1. The number of phenolic OH excluding ortho intramolecular Hbond substituents is 2. The summed E-state index contributed by atoms with van der Waals surface area (Å²) in [6, 6.07) is 10.5. The molecule has 0 aliphatic rings. The lowest BCUT2D eigenvalue weighted by molar-refractivity contribution is 0.399. The maximum Gasteiger partial charge on any atom is 0.142 e. The zero-order valence-corrected chi connectivity index (χ0v) is 13.1. The molecule has 0 amide bonds. The van der Waals surface area contributed by atoms with Gasteiger partial charge in [-0.1, -0.05) is 17.3 Å². The first-order chi connectivity index (χ1) is 11.0. The number of methoxy groups -OCH3 is 1. The fraction of sp³-hybridized carbons (Fsp3) is 0.167. The van der Waals surface area contributed by atoms with Gasteiger partial charge in [0.2, 0.25) is 0 Å². The minimum Gasteiger partial charge on any atom is -0.508 e. The van der Waals surface area contributed by atoms with Crippen molar-refractivity contribution in [1.82, 2.24) is 5.16 Å². The van der Waals surface area contributed by atoms with Crippen LogP contribution in [0, 0.1) is 13.8 Å². The van der Waals surface area contributed by atoms with E-state index >= 15 is 0 Å². The van der Waals surface area contributed by atoms with E-state index in [1.807, 2.05) is 31.2 Å². The third-order valence-corrected chi connectivity index (χ3v) is 3.81. The van der Waals surface area contributed by atoms with Crippen molar-refractivity contribution in [2.75, 3.05) is 7.11 Å². The van der Waals surface area contributed by atoms with Crippen LogP contribution >= 0.6 is 0 Å². The molecule has 1 aromatic heterocycles. The molecule has 0 bridgehead atoms. The molecule has 2 aromatic carbocycles. The molecule has 2 N–H and O–H groups in total. The van der Waals surface area contributed by atoms with Gasteiger partial charge in [0.25, 0.3) is 0 Å². The van der Waals surface area contributed by atoms with Gasteiger partial charge in [-0.05, 0) is 43.2 Å². The van der Waals surface area contributed by atoms with Crippen molar-refractivity contribution in [3.05, 3.63) is 47.7 Å². The number of aromatic hydroxyl groups is 2. The number of aryl methyl sites for hydroxylation is 2. The molecule has 0 atom stereocenters. The summed E-state index contributed by atoms with van der Waals surface area (Å²) in [6.45, 7) is 3.58. The molecule has 1 heterocycles. The summed E-state index contributed by atoms with van der Waals surface area (Å²) in [5.74, 6) is 1.40. The van der Waals surface area contributed by atoms with Gasteiger partial charge in [0.05, 0.1) is 12.7 Å². The molecular weight excluding hydrogens is 294 g/mol. The van der Waals surface area contributed by atoms with Gasteiger partial charge >= 0.3 is 0 Å². The van der Waals surface area contributed by atoms with Crippen LogP contribution in [0.1, 0.15) is 11.3 Å². The number of benzene rings is 2. The molecule has 0 radical (unpaired) electrons. The number of nitrogens with zero attached hydrogens (tertiary/aromatic N) is 1. The summed E-state index contributed by atoms with van der Waals surface area (Å²) >= 11 is 0. The van der Waals surface area contributed by atoms with Gasteiger partial charge in [-0.15, -0.1) is 0 Å². The molecule has 3 aromatic rings. The molecule has 0 aliphatic carbocycles. The van der Waals surface area contributed by atoms with E-state index < -0.39 is 0 Å². The number of phenols is 2. The van der Waals surface area contributed by atoms with Gasteiger partial charge in [-0.25, -0.2) is 0 Å². The van der Waals surface area contributed by atoms with E-state index in [0.29, 0.717) is 22.6 Å². The Balaban J connectivity index is 2.17. The highest BCUT2D eigenvalue weighted by Crippen LogP contribution is 2.40. The van der Waals surface area contributed by atoms with E-state index in [1.165, 1.54) is 6.07 Å². The second-order valence-electron chi connectivity index (χ2n) is 5.35. The SMILES string of the molecule is COc1ccc(-c2c(-c3cc(C)c(O)cc3O)noc2C)cc1. The summed E-state index contributed by atoms with van der Waals surface area (Å²) in [5, 5.41) is 24.0. The fourth-order valence-electron chi connectivity index (χ4n) is 2.53. The Morgan fingerprint density at radius 1 is 1.00 bits per heavy atom. The molecule has 0 spiro atoms. The predicted molar refractivity (Wildman–Crippen MR) is 86.7 cm³/mol. The van der Waals surface area contributed by atoms with Crippen LogP contribution in [0.3, 0.4) is 0 Å². The first-order valence-electron chi connectivity index (χ1n) is 7.15. The van der Waals surface area contributed by atoms with Crippen molar-refractivity contribution < 1.29 is 19.5 Å². The van der Waals surface area contributed by atoms with Gasteiger partial charge in [-0.2, -0.15) is 0 Å². The molecule has 118 valence electrons. The Morgan fingerprint density at radius 2 is 1.70 bits per heavy atom. The van der Waals surface area contributed by atoms with Crippen molar-refractivity contribution in [2.45, 2.75) is 13.8 Å². The maximum absolute atomic E-state index is 10.2. The van der Waals surface area contributed by atoms with Crippen molar-refractivity contribution in [3.63, 3.8) is 0 Å². The molecule has 5 heteroatoms. The molecule has 0 aliphatic heterocycles. The lowest BCUT2D eigenvalue weighted by Crippen LogP contribution is -1.88. The van der Waals surface area contributed by atoms with E-state index in [1.54, 1.807) is 20.1 Å². The topological polar surface area (TPSA) is 75.7 Å². The molecule has 23 heavy (non-hydrogen) atoms. The number of rotatable bonds is 3. The van der Waals surface area contributed by atoms with E-state index in [4.69, 9.17) is 9.26 Å². The smallest absolute Gasteiger partial charge is 0.142 e. The van der Waals surface area contributed by atoms with Crippen LogP contribution in [0.5, 0.6) is 17.2 Å². The largest absolute Gasteiger partial charge is 0.508 e. The van der Waals surface area contributed by atoms with E-state index in [2.05, 4.69) is 5.16 Å². The quantitative estimate of drug-likeness (QED) is 0.763. The van der Waals surface area contributed by atoms with E-state index in [0.717, 1.165) is 16.9 Å². The third-order valence-electron chi connectivity index (χ3n) is 3.81. The minimum atomic E-state index is -0.0452. The zero-order chi connectivity index (χ0) is 16.6. The van der Waals surface area contributed by atoms with E-state index in [-0.39, 0.29) is 11.5 Å². The highest BCUT2D eigenvalue weighted by molar-refractivity contribution is 5.85. The summed E-state index contributed by atoms with van der Waals surface area (Å²) in [4.78, 5) is 0. The van der Waals surface area contributed by atoms with Crippen LogP contribution in [0.4, 0.5) is 0 Å². The molecule has 0 saturated heterocycles. The van der Waals surface area contributed by atoms with Gasteiger partial charge in [0.15, 0.2) is 0 Å². The monoisotopic (exact) mass is 311 g/mol.